The number of nitrogens with zero attached hydrogens (tertiary/aromatic N) is 1. The largest absolute Gasteiger partial charge is 0.278 e. The minimum absolute atomic E-state index is 0.0208. The number of halogens is 1. The zero-order chi connectivity index (χ0) is 18.1. The SMILES string of the molecule is Cc1ccc(N2NC(=O)C3=C(CCCC3)C2Cc2ccccc2)cc1F. The van der Waals surface area contributed by atoms with E-state index in [1.54, 1.807) is 13.0 Å². The van der Waals surface area contributed by atoms with E-state index in [1.165, 1.54) is 17.2 Å². The molecule has 4 heteroatoms. The minimum Gasteiger partial charge on any atom is -0.278 e. The molecule has 1 atom stereocenters. The second kappa shape index (κ2) is 6.94. The topological polar surface area (TPSA) is 32.3 Å². The molecule has 1 N–H and O–H groups in total. The van der Waals surface area contributed by atoms with E-state index >= 15 is 0 Å². The Bertz CT molecular complexity index is 860. The maximum absolute atomic E-state index is 14.2. The van der Waals surface area contributed by atoms with Crippen molar-refractivity contribution in [3.63, 3.8) is 0 Å². The average molecular weight is 350 g/mol. The fourth-order valence-electron chi connectivity index (χ4n) is 3.99. The predicted octanol–water partition coefficient (Wildman–Crippen LogP) is 4.47. The first-order chi connectivity index (χ1) is 12.6. The van der Waals surface area contributed by atoms with Gasteiger partial charge in [0.15, 0.2) is 0 Å². The number of hydrogen-bond acceptors (Lipinski definition) is 2. The zero-order valence-corrected chi connectivity index (χ0v) is 15.0. The Morgan fingerprint density at radius 1 is 1.12 bits per heavy atom. The van der Waals surface area contributed by atoms with Gasteiger partial charge in [-0.3, -0.25) is 15.2 Å². The highest BCUT2D eigenvalue weighted by Gasteiger charge is 2.35. The summed E-state index contributed by atoms with van der Waals surface area (Å²) in [5, 5.41) is 1.86. The number of anilines is 1. The van der Waals surface area contributed by atoms with Crippen LogP contribution in [0.15, 0.2) is 59.7 Å². The lowest BCUT2D eigenvalue weighted by molar-refractivity contribution is -0.118. The van der Waals surface area contributed by atoms with Crippen LogP contribution >= 0.6 is 0 Å². The van der Waals surface area contributed by atoms with E-state index in [-0.39, 0.29) is 17.8 Å². The molecule has 0 saturated carbocycles. The van der Waals surface area contributed by atoms with Gasteiger partial charge in [-0.25, -0.2) is 4.39 Å². The van der Waals surface area contributed by atoms with Gasteiger partial charge < -0.3 is 0 Å². The van der Waals surface area contributed by atoms with Crippen LogP contribution in [-0.2, 0) is 11.2 Å². The molecule has 3 nitrogen and oxygen atoms in total. The summed E-state index contributed by atoms with van der Waals surface area (Å²) in [5.74, 6) is -0.288. The van der Waals surface area contributed by atoms with Gasteiger partial charge in [-0.1, -0.05) is 36.4 Å². The number of carbonyl (C=O) groups is 1. The third-order valence-corrected chi connectivity index (χ3v) is 5.43. The summed E-state index contributed by atoms with van der Waals surface area (Å²) in [6.07, 6.45) is 4.72. The van der Waals surface area contributed by atoms with Crippen molar-refractivity contribution >= 4 is 11.6 Å². The number of carbonyl (C=O) groups excluding carboxylic acids is 1. The monoisotopic (exact) mass is 350 g/mol. The number of hydrogen-bond donors (Lipinski definition) is 1. The second-order valence-electron chi connectivity index (χ2n) is 7.16. The zero-order valence-electron chi connectivity index (χ0n) is 15.0. The number of rotatable bonds is 3. The molecule has 0 radical (unpaired) electrons. The number of hydrazine groups is 1. The molecule has 0 spiro atoms. The molecule has 1 unspecified atom stereocenters. The van der Waals surface area contributed by atoms with Crippen molar-refractivity contribution in [1.82, 2.24) is 5.43 Å². The first kappa shape index (κ1) is 16.8. The summed E-state index contributed by atoms with van der Waals surface area (Å²) in [7, 11) is 0. The maximum Gasteiger partial charge on any atom is 0.265 e. The van der Waals surface area contributed by atoms with Crippen LogP contribution in [0.1, 0.15) is 36.8 Å². The van der Waals surface area contributed by atoms with Crippen molar-refractivity contribution in [2.75, 3.05) is 5.01 Å². The van der Waals surface area contributed by atoms with Gasteiger partial charge in [-0.2, -0.15) is 0 Å². The lowest BCUT2D eigenvalue weighted by Gasteiger charge is -2.42. The molecular weight excluding hydrogens is 327 g/mol. The Kier molecular flexibility index (Phi) is 4.49. The van der Waals surface area contributed by atoms with Gasteiger partial charge in [0.25, 0.3) is 5.91 Å². The number of amides is 1. The Morgan fingerprint density at radius 3 is 2.65 bits per heavy atom. The Hall–Kier alpha value is -2.62. The molecule has 26 heavy (non-hydrogen) atoms. The standard InChI is InChI=1S/C22H23FN2O/c1-15-11-12-17(14-20(15)23)25-21(13-16-7-3-2-4-8-16)18-9-5-6-10-19(18)22(26)24-25/h2-4,7-8,11-12,14,21H,5-6,9-10,13H2,1H3,(H,24,26). The van der Waals surface area contributed by atoms with Gasteiger partial charge in [0.05, 0.1) is 11.7 Å². The van der Waals surface area contributed by atoms with Gasteiger partial charge >= 0.3 is 0 Å². The molecule has 0 bridgehead atoms. The van der Waals surface area contributed by atoms with E-state index in [2.05, 4.69) is 17.6 Å². The van der Waals surface area contributed by atoms with Crippen molar-refractivity contribution in [2.24, 2.45) is 0 Å². The number of nitrogens with one attached hydrogen (secondary N) is 1. The molecule has 134 valence electrons. The van der Waals surface area contributed by atoms with Crippen LogP contribution in [0.3, 0.4) is 0 Å². The summed E-state index contributed by atoms with van der Waals surface area (Å²) >= 11 is 0. The fourth-order valence-corrected chi connectivity index (χ4v) is 3.99. The molecule has 2 aliphatic rings. The van der Waals surface area contributed by atoms with Gasteiger partial charge in [0.2, 0.25) is 0 Å². The number of benzene rings is 2. The number of aryl methyl sites for hydroxylation is 1. The summed E-state index contributed by atoms with van der Waals surface area (Å²) in [4.78, 5) is 12.7. The van der Waals surface area contributed by atoms with Gasteiger partial charge in [0, 0.05) is 5.57 Å². The van der Waals surface area contributed by atoms with Crippen LogP contribution < -0.4 is 10.4 Å². The highest BCUT2D eigenvalue weighted by Crippen LogP contribution is 2.35. The third-order valence-electron chi connectivity index (χ3n) is 5.43. The van der Waals surface area contributed by atoms with Crippen LogP contribution in [0, 0.1) is 12.7 Å². The normalized spacial score (nSPS) is 20.0. The average Bonchev–Trinajstić information content (AvgIpc) is 2.67. The fraction of sp³-hybridized carbons (Fsp3) is 0.318. The van der Waals surface area contributed by atoms with Crippen LogP contribution in [-0.4, -0.2) is 11.9 Å². The van der Waals surface area contributed by atoms with Gasteiger partial charge in [0.1, 0.15) is 5.82 Å². The highest BCUT2D eigenvalue weighted by molar-refractivity contribution is 5.97. The molecule has 1 heterocycles. The maximum atomic E-state index is 14.2. The van der Waals surface area contributed by atoms with E-state index in [0.717, 1.165) is 37.7 Å². The molecule has 4 rings (SSSR count). The van der Waals surface area contributed by atoms with Gasteiger partial charge in [-0.05, 0) is 67.9 Å². The quantitative estimate of drug-likeness (QED) is 0.886. The van der Waals surface area contributed by atoms with E-state index in [9.17, 15) is 9.18 Å². The van der Waals surface area contributed by atoms with Gasteiger partial charge in [-0.15, -0.1) is 0 Å². The van der Waals surface area contributed by atoms with Crippen molar-refractivity contribution in [1.29, 1.82) is 0 Å². The first-order valence-electron chi connectivity index (χ1n) is 9.25. The van der Waals surface area contributed by atoms with Crippen LogP contribution in [0.2, 0.25) is 0 Å². The molecule has 2 aromatic carbocycles. The smallest absolute Gasteiger partial charge is 0.265 e. The van der Waals surface area contributed by atoms with Crippen molar-refractivity contribution in [2.45, 2.75) is 45.1 Å². The summed E-state index contributed by atoms with van der Waals surface area (Å²) in [6, 6.07) is 15.5. The molecule has 0 saturated heterocycles. The molecule has 0 fully saturated rings. The van der Waals surface area contributed by atoms with E-state index in [1.807, 2.05) is 29.3 Å². The van der Waals surface area contributed by atoms with Crippen LogP contribution in [0.5, 0.6) is 0 Å². The van der Waals surface area contributed by atoms with E-state index in [4.69, 9.17) is 0 Å². The van der Waals surface area contributed by atoms with Crippen LogP contribution in [0.25, 0.3) is 0 Å². The second-order valence-corrected chi connectivity index (χ2v) is 7.16. The minimum atomic E-state index is -0.251. The van der Waals surface area contributed by atoms with Crippen molar-refractivity contribution in [3.8, 4) is 0 Å². The predicted molar refractivity (Wildman–Crippen MR) is 101 cm³/mol. The lowest BCUT2D eigenvalue weighted by Crippen LogP contribution is -2.55. The molecule has 1 aliphatic heterocycles. The molecule has 1 amide bonds. The van der Waals surface area contributed by atoms with Crippen molar-refractivity contribution < 1.29 is 9.18 Å². The molecular formula is C22H23FN2O. The van der Waals surface area contributed by atoms with Crippen molar-refractivity contribution in [3.05, 3.63) is 76.6 Å². The molecule has 2 aromatic rings. The molecule has 0 aromatic heterocycles. The van der Waals surface area contributed by atoms with Crippen LogP contribution in [0.4, 0.5) is 10.1 Å². The lowest BCUT2D eigenvalue weighted by atomic mass is 9.83. The molecule has 1 aliphatic carbocycles. The van der Waals surface area contributed by atoms with E-state index in [0.29, 0.717) is 11.3 Å². The Labute approximate surface area is 153 Å². The van der Waals surface area contributed by atoms with E-state index < -0.39 is 0 Å². The summed E-state index contributed by atoms with van der Waals surface area (Å²) in [6.45, 7) is 1.75. The first-order valence-corrected chi connectivity index (χ1v) is 9.25. The summed E-state index contributed by atoms with van der Waals surface area (Å²) < 4.78 is 14.2. The third kappa shape index (κ3) is 3.12. The Balaban J connectivity index is 1.76. The highest BCUT2D eigenvalue weighted by atomic mass is 19.1. The Morgan fingerprint density at radius 2 is 1.88 bits per heavy atom. The summed E-state index contributed by atoms with van der Waals surface area (Å²) in [5.41, 5.74) is 7.67.